The van der Waals surface area contributed by atoms with Gasteiger partial charge in [0.15, 0.2) is 0 Å². The van der Waals surface area contributed by atoms with Crippen molar-refractivity contribution >= 4 is 12.0 Å². The highest BCUT2D eigenvalue weighted by Gasteiger charge is 2.26. The maximum absolute atomic E-state index is 11.9. The number of carbonyl (C=O) groups is 2. The van der Waals surface area contributed by atoms with Crippen LogP contribution >= 0.6 is 0 Å². The van der Waals surface area contributed by atoms with E-state index < -0.39 is 5.97 Å². The van der Waals surface area contributed by atoms with Gasteiger partial charge in [0.05, 0.1) is 5.92 Å². The summed E-state index contributed by atoms with van der Waals surface area (Å²) in [6.45, 7) is 0.774. The van der Waals surface area contributed by atoms with Crippen molar-refractivity contribution in [1.29, 1.82) is 0 Å². The third kappa shape index (κ3) is 5.56. The minimum atomic E-state index is -0.703. The van der Waals surface area contributed by atoms with Gasteiger partial charge in [0.25, 0.3) is 0 Å². The van der Waals surface area contributed by atoms with Crippen molar-refractivity contribution in [3.63, 3.8) is 0 Å². The Hall–Kier alpha value is -1.26. The maximum atomic E-state index is 11.9. The molecule has 0 spiro atoms. The summed E-state index contributed by atoms with van der Waals surface area (Å²) < 4.78 is 0. The second-order valence-corrected chi connectivity index (χ2v) is 6.60. The number of carboxylic acid groups (broad SMARTS) is 1. The van der Waals surface area contributed by atoms with E-state index in [0.29, 0.717) is 18.8 Å². The largest absolute Gasteiger partial charge is 0.481 e. The summed E-state index contributed by atoms with van der Waals surface area (Å²) in [6, 6.07) is 0.0488. The average molecular weight is 296 g/mol. The molecule has 5 heteroatoms. The number of hydrogen-bond acceptors (Lipinski definition) is 2. The SMILES string of the molecule is O=C(NCC1CCCCCC1)NC1CCC(C(=O)O)CC1. The van der Waals surface area contributed by atoms with Gasteiger partial charge in [-0.05, 0) is 44.4 Å². The fourth-order valence-corrected chi connectivity index (χ4v) is 3.53. The summed E-state index contributed by atoms with van der Waals surface area (Å²) in [6.07, 6.45) is 10.6. The highest BCUT2D eigenvalue weighted by Crippen LogP contribution is 2.24. The number of hydrogen-bond donors (Lipinski definition) is 3. The van der Waals surface area contributed by atoms with Gasteiger partial charge in [-0.15, -0.1) is 0 Å². The first kappa shape index (κ1) is 16.1. The van der Waals surface area contributed by atoms with Crippen LogP contribution in [0.5, 0.6) is 0 Å². The molecule has 0 unspecified atom stereocenters. The summed E-state index contributed by atoms with van der Waals surface area (Å²) in [5.41, 5.74) is 0. The molecule has 0 aromatic heterocycles. The van der Waals surface area contributed by atoms with Gasteiger partial charge in [-0.25, -0.2) is 4.79 Å². The molecule has 21 heavy (non-hydrogen) atoms. The van der Waals surface area contributed by atoms with E-state index in [2.05, 4.69) is 10.6 Å². The summed E-state index contributed by atoms with van der Waals surface area (Å²) in [7, 11) is 0. The van der Waals surface area contributed by atoms with Crippen LogP contribution in [0.1, 0.15) is 64.2 Å². The predicted molar refractivity (Wildman–Crippen MR) is 81.1 cm³/mol. The Labute approximate surface area is 126 Å². The van der Waals surface area contributed by atoms with Crippen molar-refractivity contribution in [3.05, 3.63) is 0 Å². The first-order valence-electron chi connectivity index (χ1n) is 8.42. The standard InChI is InChI=1S/C16H28N2O3/c19-15(20)13-7-9-14(10-8-13)18-16(21)17-11-12-5-3-1-2-4-6-12/h12-14H,1-11H2,(H,19,20)(H2,17,18,21). The van der Waals surface area contributed by atoms with Crippen LogP contribution in [0.3, 0.4) is 0 Å². The molecule has 3 N–H and O–H groups in total. The maximum Gasteiger partial charge on any atom is 0.315 e. The molecular weight excluding hydrogens is 268 g/mol. The lowest BCUT2D eigenvalue weighted by atomic mass is 9.86. The Morgan fingerprint density at radius 1 is 0.905 bits per heavy atom. The second kappa shape index (κ2) is 8.25. The third-order valence-corrected chi connectivity index (χ3v) is 4.94. The molecule has 0 heterocycles. The van der Waals surface area contributed by atoms with Crippen LogP contribution < -0.4 is 10.6 Å². The summed E-state index contributed by atoms with van der Waals surface area (Å²) in [5, 5.41) is 14.9. The van der Waals surface area contributed by atoms with Gasteiger partial charge in [0.2, 0.25) is 0 Å². The zero-order valence-electron chi connectivity index (χ0n) is 12.8. The molecule has 0 bridgehead atoms. The lowest BCUT2D eigenvalue weighted by Crippen LogP contribution is -2.45. The molecule has 2 saturated carbocycles. The predicted octanol–water partition coefficient (Wildman–Crippen LogP) is 2.90. The molecule has 0 aliphatic heterocycles. The van der Waals surface area contributed by atoms with Crippen LogP contribution in [0, 0.1) is 11.8 Å². The third-order valence-electron chi connectivity index (χ3n) is 4.94. The summed E-state index contributed by atoms with van der Waals surface area (Å²) >= 11 is 0. The van der Waals surface area contributed by atoms with Gasteiger partial charge in [0.1, 0.15) is 0 Å². The lowest BCUT2D eigenvalue weighted by Gasteiger charge is -2.27. The molecule has 5 nitrogen and oxygen atoms in total. The van der Waals surface area contributed by atoms with Crippen molar-refractivity contribution in [1.82, 2.24) is 10.6 Å². The van der Waals surface area contributed by atoms with E-state index in [-0.39, 0.29) is 18.0 Å². The molecule has 2 aliphatic rings. The first-order chi connectivity index (χ1) is 10.1. The second-order valence-electron chi connectivity index (χ2n) is 6.60. The minimum Gasteiger partial charge on any atom is -0.481 e. The average Bonchev–Trinajstić information content (AvgIpc) is 2.74. The fraction of sp³-hybridized carbons (Fsp3) is 0.875. The van der Waals surface area contributed by atoms with Crippen molar-refractivity contribution in [2.45, 2.75) is 70.3 Å². The quantitative estimate of drug-likeness (QED) is 0.698. The van der Waals surface area contributed by atoms with E-state index in [1.165, 1.54) is 38.5 Å². The van der Waals surface area contributed by atoms with E-state index in [0.717, 1.165) is 19.4 Å². The summed E-state index contributed by atoms with van der Waals surface area (Å²) in [5.74, 6) is -0.302. The Balaban J connectivity index is 1.62. The van der Waals surface area contributed by atoms with Crippen molar-refractivity contribution in [2.24, 2.45) is 11.8 Å². The number of carboxylic acids is 1. The zero-order chi connectivity index (χ0) is 15.1. The van der Waals surface area contributed by atoms with Crippen molar-refractivity contribution < 1.29 is 14.7 Å². The Morgan fingerprint density at radius 3 is 2.10 bits per heavy atom. The molecule has 120 valence electrons. The van der Waals surface area contributed by atoms with Gasteiger partial charge in [-0.1, -0.05) is 25.7 Å². The molecule has 2 amide bonds. The molecule has 0 radical (unpaired) electrons. The smallest absolute Gasteiger partial charge is 0.315 e. The fourth-order valence-electron chi connectivity index (χ4n) is 3.53. The van der Waals surface area contributed by atoms with E-state index in [1.807, 2.05) is 0 Å². The number of nitrogens with one attached hydrogen (secondary N) is 2. The molecule has 2 rings (SSSR count). The van der Waals surface area contributed by atoms with Crippen LogP contribution in [-0.4, -0.2) is 29.7 Å². The molecule has 2 fully saturated rings. The Kier molecular flexibility index (Phi) is 6.33. The van der Waals surface area contributed by atoms with Crippen molar-refractivity contribution in [3.8, 4) is 0 Å². The number of carbonyl (C=O) groups excluding carboxylic acids is 1. The Morgan fingerprint density at radius 2 is 1.52 bits per heavy atom. The van der Waals surface area contributed by atoms with E-state index in [4.69, 9.17) is 5.11 Å². The zero-order valence-corrected chi connectivity index (χ0v) is 12.8. The number of amides is 2. The van der Waals surface area contributed by atoms with E-state index in [9.17, 15) is 9.59 Å². The highest BCUT2D eigenvalue weighted by atomic mass is 16.4. The van der Waals surface area contributed by atoms with Crippen LogP contribution in [0.2, 0.25) is 0 Å². The minimum absolute atomic E-state index is 0.0852. The van der Waals surface area contributed by atoms with E-state index >= 15 is 0 Å². The van der Waals surface area contributed by atoms with Crippen molar-refractivity contribution in [2.75, 3.05) is 6.54 Å². The molecule has 2 aliphatic carbocycles. The first-order valence-corrected chi connectivity index (χ1v) is 8.42. The molecule has 0 aromatic carbocycles. The van der Waals surface area contributed by atoms with Gasteiger partial charge in [-0.2, -0.15) is 0 Å². The normalized spacial score (nSPS) is 27.6. The molecular formula is C16H28N2O3. The van der Waals surface area contributed by atoms with Gasteiger partial charge >= 0.3 is 12.0 Å². The topological polar surface area (TPSA) is 78.4 Å². The van der Waals surface area contributed by atoms with Crippen LogP contribution in [0.15, 0.2) is 0 Å². The van der Waals surface area contributed by atoms with Gasteiger partial charge in [-0.3, -0.25) is 4.79 Å². The monoisotopic (exact) mass is 296 g/mol. The lowest BCUT2D eigenvalue weighted by molar-refractivity contribution is -0.142. The molecule has 0 atom stereocenters. The van der Waals surface area contributed by atoms with Crippen LogP contribution in [-0.2, 0) is 4.79 Å². The Bertz CT molecular complexity index is 343. The van der Waals surface area contributed by atoms with Gasteiger partial charge in [0, 0.05) is 12.6 Å². The van der Waals surface area contributed by atoms with Crippen LogP contribution in [0.4, 0.5) is 4.79 Å². The number of aliphatic carboxylic acids is 1. The molecule has 0 saturated heterocycles. The summed E-state index contributed by atoms with van der Waals surface area (Å²) in [4.78, 5) is 22.8. The van der Waals surface area contributed by atoms with E-state index in [1.54, 1.807) is 0 Å². The van der Waals surface area contributed by atoms with Gasteiger partial charge < -0.3 is 15.7 Å². The number of urea groups is 1. The van der Waals surface area contributed by atoms with Crippen LogP contribution in [0.25, 0.3) is 0 Å². The number of rotatable bonds is 4. The molecule has 0 aromatic rings. The highest BCUT2D eigenvalue weighted by molar-refractivity contribution is 5.74.